The fourth-order valence-electron chi connectivity index (χ4n) is 1.07. The zero-order valence-electron chi connectivity index (χ0n) is 9.12. The van der Waals surface area contributed by atoms with Gasteiger partial charge in [-0.1, -0.05) is 6.92 Å². The predicted octanol–water partition coefficient (Wildman–Crippen LogP) is 0.332. The highest BCUT2D eigenvalue weighted by atomic mass is 32.2. The van der Waals surface area contributed by atoms with Crippen molar-refractivity contribution < 1.29 is 13.2 Å². The maximum absolute atomic E-state index is 11.2. The number of rotatable bonds is 7. The summed E-state index contributed by atoms with van der Waals surface area (Å²) >= 11 is 0. The Bertz CT molecular complexity index is 270. The summed E-state index contributed by atoms with van der Waals surface area (Å²) in [6.07, 6.45) is 0.806. The van der Waals surface area contributed by atoms with E-state index >= 15 is 0 Å². The number of likely N-dealkylation sites (N-methyl/N-ethyl adjacent to an activating group) is 1. The average molecular weight is 221 g/mol. The topological polar surface area (TPSA) is 54.5 Å². The second kappa shape index (κ2) is 6.14. The number of ketones is 1. The summed E-state index contributed by atoms with van der Waals surface area (Å²) in [4.78, 5) is 13.0. The van der Waals surface area contributed by atoms with Crippen LogP contribution >= 0.6 is 0 Å². The molecular weight excluding hydrogens is 202 g/mol. The summed E-state index contributed by atoms with van der Waals surface area (Å²) in [5.41, 5.74) is 0. The van der Waals surface area contributed by atoms with Gasteiger partial charge >= 0.3 is 0 Å². The van der Waals surface area contributed by atoms with Gasteiger partial charge in [-0.3, -0.25) is 4.79 Å². The van der Waals surface area contributed by atoms with Crippen LogP contribution in [0.25, 0.3) is 0 Å². The molecule has 0 saturated carbocycles. The van der Waals surface area contributed by atoms with Gasteiger partial charge in [-0.25, -0.2) is 8.42 Å². The quantitative estimate of drug-likeness (QED) is 0.622. The van der Waals surface area contributed by atoms with Crippen LogP contribution in [0.4, 0.5) is 0 Å². The Morgan fingerprint density at radius 3 is 2.29 bits per heavy atom. The number of nitrogens with zero attached hydrogens (tertiary/aromatic N) is 1. The van der Waals surface area contributed by atoms with E-state index in [0.29, 0.717) is 19.4 Å². The molecule has 0 bridgehead atoms. The minimum Gasteiger partial charge on any atom is -0.302 e. The van der Waals surface area contributed by atoms with Gasteiger partial charge < -0.3 is 4.90 Å². The smallest absolute Gasteiger partial charge is 0.150 e. The van der Waals surface area contributed by atoms with E-state index in [4.69, 9.17) is 0 Å². The number of carbonyl (C=O) groups excluding carboxylic acids is 1. The van der Waals surface area contributed by atoms with Crippen LogP contribution in [-0.2, 0) is 14.6 Å². The molecule has 0 heterocycles. The first kappa shape index (κ1) is 13.6. The number of Topliss-reactive ketones (excluding diaryl/α,β-unsaturated/α-hetero) is 1. The molecule has 0 amide bonds. The summed E-state index contributed by atoms with van der Waals surface area (Å²) in [6, 6.07) is 0. The molecule has 84 valence electrons. The van der Waals surface area contributed by atoms with E-state index in [1.807, 2.05) is 14.1 Å². The fourth-order valence-corrected chi connectivity index (χ4v) is 1.94. The molecule has 5 heteroatoms. The maximum atomic E-state index is 11.2. The predicted molar refractivity (Wildman–Crippen MR) is 57.1 cm³/mol. The standard InChI is InChI=1S/C9H19NO3S/c1-4-14(12,13)7-5-6-9(11)8-10(2)3/h4-8H2,1-3H3. The van der Waals surface area contributed by atoms with E-state index in [2.05, 4.69) is 0 Å². The Kier molecular flexibility index (Phi) is 5.95. The van der Waals surface area contributed by atoms with Crippen LogP contribution in [0, 0.1) is 0 Å². The number of carbonyl (C=O) groups is 1. The lowest BCUT2D eigenvalue weighted by atomic mass is 10.2. The molecule has 0 aliphatic carbocycles. The Hall–Kier alpha value is -0.420. The molecule has 0 saturated heterocycles. The lowest BCUT2D eigenvalue weighted by Crippen LogP contribution is -2.22. The van der Waals surface area contributed by atoms with Crippen LogP contribution in [0.5, 0.6) is 0 Å². The summed E-state index contributed by atoms with van der Waals surface area (Å²) in [6.45, 7) is 2.02. The molecule has 0 N–H and O–H groups in total. The third kappa shape index (κ3) is 7.03. The number of hydrogen-bond donors (Lipinski definition) is 0. The largest absolute Gasteiger partial charge is 0.302 e. The van der Waals surface area contributed by atoms with Crippen molar-refractivity contribution in [3.63, 3.8) is 0 Å². The summed E-state index contributed by atoms with van der Waals surface area (Å²) < 4.78 is 22.2. The van der Waals surface area contributed by atoms with Gasteiger partial charge in [-0.2, -0.15) is 0 Å². The van der Waals surface area contributed by atoms with Crippen LogP contribution in [-0.4, -0.2) is 51.2 Å². The van der Waals surface area contributed by atoms with Gasteiger partial charge in [0.1, 0.15) is 15.6 Å². The van der Waals surface area contributed by atoms with Crippen molar-refractivity contribution in [3.05, 3.63) is 0 Å². The van der Waals surface area contributed by atoms with E-state index in [0.717, 1.165) is 0 Å². The van der Waals surface area contributed by atoms with Gasteiger partial charge in [0.15, 0.2) is 0 Å². The molecular formula is C9H19NO3S. The van der Waals surface area contributed by atoms with Crippen molar-refractivity contribution in [1.29, 1.82) is 0 Å². The summed E-state index contributed by atoms with van der Waals surface area (Å²) in [7, 11) is 0.731. The van der Waals surface area contributed by atoms with E-state index in [1.165, 1.54) is 0 Å². The van der Waals surface area contributed by atoms with Crippen molar-refractivity contribution in [2.24, 2.45) is 0 Å². The highest BCUT2D eigenvalue weighted by Gasteiger charge is 2.09. The zero-order valence-corrected chi connectivity index (χ0v) is 9.93. The molecule has 0 aromatic carbocycles. The monoisotopic (exact) mass is 221 g/mol. The molecule has 0 radical (unpaired) electrons. The molecule has 0 rings (SSSR count). The van der Waals surface area contributed by atoms with Crippen LogP contribution in [0.15, 0.2) is 0 Å². The molecule has 0 atom stereocenters. The first-order valence-electron chi connectivity index (χ1n) is 4.74. The van der Waals surface area contributed by atoms with E-state index in [1.54, 1.807) is 11.8 Å². The van der Waals surface area contributed by atoms with Gasteiger partial charge in [-0.05, 0) is 20.5 Å². The van der Waals surface area contributed by atoms with Gasteiger partial charge in [0.05, 0.1) is 12.3 Å². The molecule has 14 heavy (non-hydrogen) atoms. The number of hydrogen-bond acceptors (Lipinski definition) is 4. The van der Waals surface area contributed by atoms with Crippen LogP contribution in [0.2, 0.25) is 0 Å². The fraction of sp³-hybridized carbons (Fsp3) is 0.889. The van der Waals surface area contributed by atoms with Crippen LogP contribution < -0.4 is 0 Å². The first-order valence-corrected chi connectivity index (χ1v) is 6.56. The van der Waals surface area contributed by atoms with Crippen LogP contribution in [0.3, 0.4) is 0 Å². The van der Waals surface area contributed by atoms with Crippen molar-refractivity contribution in [2.75, 3.05) is 32.1 Å². The Morgan fingerprint density at radius 1 is 1.29 bits per heavy atom. The molecule has 0 aromatic rings. The molecule has 4 nitrogen and oxygen atoms in total. The first-order chi connectivity index (χ1) is 6.37. The molecule has 0 aliphatic heterocycles. The minimum atomic E-state index is -2.91. The zero-order chi connectivity index (χ0) is 11.2. The molecule has 0 aromatic heterocycles. The van der Waals surface area contributed by atoms with E-state index in [9.17, 15) is 13.2 Å². The molecule has 0 unspecified atom stereocenters. The second-order valence-electron chi connectivity index (χ2n) is 3.62. The second-order valence-corrected chi connectivity index (χ2v) is 6.09. The number of sulfone groups is 1. The lowest BCUT2D eigenvalue weighted by Gasteiger charge is -2.07. The Morgan fingerprint density at radius 2 is 1.86 bits per heavy atom. The Balaban J connectivity index is 3.70. The van der Waals surface area contributed by atoms with E-state index in [-0.39, 0.29) is 17.3 Å². The third-order valence-corrected chi connectivity index (χ3v) is 3.63. The summed E-state index contributed by atoms with van der Waals surface area (Å²) in [5, 5.41) is 0. The van der Waals surface area contributed by atoms with Gasteiger partial charge in [0.2, 0.25) is 0 Å². The molecule has 0 spiro atoms. The van der Waals surface area contributed by atoms with Gasteiger partial charge in [0.25, 0.3) is 0 Å². The summed E-state index contributed by atoms with van der Waals surface area (Å²) in [5.74, 6) is 0.388. The molecule has 0 fully saturated rings. The SMILES string of the molecule is CCS(=O)(=O)CCCC(=O)CN(C)C. The van der Waals surface area contributed by atoms with Crippen molar-refractivity contribution >= 4 is 15.6 Å². The van der Waals surface area contributed by atoms with Crippen molar-refractivity contribution in [1.82, 2.24) is 4.90 Å². The lowest BCUT2D eigenvalue weighted by molar-refractivity contribution is -0.119. The van der Waals surface area contributed by atoms with Gasteiger partial charge in [0, 0.05) is 12.2 Å². The maximum Gasteiger partial charge on any atom is 0.150 e. The highest BCUT2D eigenvalue weighted by molar-refractivity contribution is 7.91. The van der Waals surface area contributed by atoms with Gasteiger partial charge in [-0.15, -0.1) is 0 Å². The van der Waals surface area contributed by atoms with Crippen LogP contribution in [0.1, 0.15) is 19.8 Å². The van der Waals surface area contributed by atoms with Crippen molar-refractivity contribution in [2.45, 2.75) is 19.8 Å². The van der Waals surface area contributed by atoms with E-state index < -0.39 is 9.84 Å². The minimum absolute atomic E-state index is 0.0984. The third-order valence-electron chi connectivity index (χ3n) is 1.84. The highest BCUT2D eigenvalue weighted by Crippen LogP contribution is 1.98. The molecule has 0 aliphatic rings. The average Bonchev–Trinajstić information content (AvgIpc) is 2.02. The van der Waals surface area contributed by atoms with Crippen molar-refractivity contribution in [3.8, 4) is 0 Å². The normalized spacial score (nSPS) is 12.0. The Labute approximate surface area is 86.2 Å².